The molecule has 2 fully saturated rings. The summed E-state index contributed by atoms with van der Waals surface area (Å²) < 4.78 is 12.7. The van der Waals surface area contributed by atoms with Crippen molar-refractivity contribution < 1.29 is 14.3 Å². The summed E-state index contributed by atoms with van der Waals surface area (Å²) in [6.45, 7) is 7.71. The lowest BCUT2D eigenvalue weighted by Gasteiger charge is -2.39. The second kappa shape index (κ2) is 8.59. The molecule has 7 heteroatoms. The Morgan fingerprint density at radius 1 is 1.06 bits per heavy atom. The fourth-order valence-corrected chi connectivity index (χ4v) is 6.51. The van der Waals surface area contributed by atoms with Crippen LogP contribution in [0, 0.1) is 10.8 Å². The number of amides is 1. The largest absolute Gasteiger partial charge is 0.497 e. The van der Waals surface area contributed by atoms with Crippen LogP contribution in [0.2, 0.25) is 5.02 Å². The highest BCUT2D eigenvalue weighted by atomic mass is 35.5. The summed E-state index contributed by atoms with van der Waals surface area (Å²) in [6, 6.07) is 15.1. The van der Waals surface area contributed by atoms with Crippen LogP contribution in [0.25, 0.3) is 16.9 Å². The van der Waals surface area contributed by atoms with Gasteiger partial charge in [0.05, 0.1) is 25.6 Å². The average Bonchev–Trinajstić information content (AvgIpc) is 3.36. The Morgan fingerprint density at radius 2 is 1.86 bits per heavy atom. The Hall–Kier alpha value is -2.99. The number of nitrogens with zero attached hydrogens (tertiary/aromatic N) is 3. The summed E-state index contributed by atoms with van der Waals surface area (Å²) in [5.74, 6) is 1.32. The molecule has 184 valence electrons. The van der Waals surface area contributed by atoms with Crippen LogP contribution in [0.4, 0.5) is 0 Å². The van der Waals surface area contributed by atoms with E-state index in [0.29, 0.717) is 27.9 Å². The predicted molar refractivity (Wildman–Crippen MR) is 138 cm³/mol. The highest BCUT2D eigenvalue weighted by molar-refractivity contribution is 6.30. The van der Waals surface area contributed by atoms with Gasteiger partial charge in [0.1, 0.15) is 17.2 Å². The lowest BCUT2D eigenvalue weighted by atomic mass is 9.65. The van der Waals surface area contributed by atoms with E-state index in [1.54, 1.807) is 18.9 Å². The van der Waals surface area contributed by atoms with Crippen LogP contribution >= 0.6 is 11.6 Å². The van der Waals surface area contributed by atoms with Crippen LogP contribution in [0.15, 0.2) is 48.5 Å². The van der Waals surface area contributed by atoms with E-state index in [4.69, 9.17) is 26.2 Å². The second-order valence-corrected chi connectivity index (χ2v) is 11.5. The Morgan fingerprint density at radius 3 is 2.57 bits per heavy atom. The minimum Gasteiger partial charge on any atom is -0.497 e. The number of halogens is 1. The number of rotatable bonds is 5. The number of ether oxygens (including phenoxy) is 2. The molecule has 2 aromatic carbocycles. The van der Waals surface area contributed by atoms with E-state index in [1.165, 1.54) is 0 Å². The van der Waals surface area contributed by atoms with Crippen molar-refractivity contribution in [2.24, 2.45) is 10.8 Å². The van der Waals surface area contributed by atoms with Crippen LogP contribution in [-0.2, 0) is 0 Å². The van der Waals surface area contributed by atoms with E-state index in [2.05, 4.69) is 25.7 Å². The Labute approximate surface area is 211 Å². The molecule has 6 nitrogen and oxygen atoms in total. The van der Waals surface area contributed by atoms with Crippen LogP contribution < -0.4 is 9.47 Å². The molecule has 1 amide bonds. The van der Waals surface area contributed by atoms with Gasteiger partial charge in [-0.3, -0.25) is 4.79 Å². The number of methoxy groups -OCH3 is 2. The van der Waals surface area contributed by atoms with Gasteiger partial charge >= 0.3 is 0 Å². The standard InChI is InChI=1S/C28H32ClN3O3/c1-27(2)14-20-15-28(3,16-27)17-31(20)26(33)24-13-23(22-10-9-21(34-4)12-25(22)35-5)30-32(24)19-8-6-7-18(29)11-19/h6-13,20H,14-17H2,1-5H3. The SMILES string of the molecule is COc1ccc(-c2cc(C(=O)N3CC4(C)CC3CC(C)(C)C4)n(-c3cccc(Cl)c3)n2)c(OC)c1. The van der Waals surface area contributed by atoms with Gasteiger partial charge in [-0.15, -0.1) is 0 Å². The summed E-state index contributed by atoms with van der Waals surface area (Å²) in [5.41, 5.74) is 3.08. The maximum atomic E-state index is 14.1. The molecule has 2 aliphatic rings. The lowest BCUT2D eigenvalue weighted by molar-refractivity contribution is 0.0699. The molecule has 0 radical (unpaired) electrons. The normalized spacial score (nSPS) is 22.8. The van der Waals surface area contributed by atoms with E-state index in [9.17, 15) is 4.79 Å². The van der Waals surface area contributed by atoms with Crippen LogP contribution in [0.3, 0.4) is 0 Å². The summed E-state index contributed by atoms with van der Waals surface area (Å²) in [7, 11) is 3.23. The van der Waals surface area contributed by atoms with Gasteiger partial charge in [0.2, 0.25) is 0 Å². The maximum absolute atomic E-state index is 14.1. The van der Waals surface area contributed by atoms with Crippen molar-refractivity contribution in [2.75, 3.05) is 20.8 Å². The van der Waals surface area contributed by atoms with Gasteiger partial charge in [0, 0.05) is 29.2 Å². The Balaban J connectivity index is 1.61. The van der Waals surface area contributed by atoms with Crippen molar-refractivity contribution >= 4 is 17.5 Å². The number of benzene rings is 2. The lowest BCUT2D eigenvalue weighted by Crippen LogP contribution is -2.38. The predicted octanol–water partition coefficient (Wildman–Crippen LogP) is 6.25. The first-order valence-corrected chi connectivity index (χ1v) is 12.4. The molecule has 2 atom stereocenters. The van der Waals surface area contributed by atoms with Crippen molar-refractivity contribution in [3.63, 3.8) is 0 Å². The van der Waals surface area contributed by atoms with Crippen molar-refractivity contribution in [1.29, 1.82) is 0 Å². The Kier molecular flexibility index (Phi) is 5.83. The second-order valence-electron chi connectivity index (χ2n) is 11.0. The van der Waals surface area contributed by atoms with E-state index >= 15 is 0 Å². The van der Waals surface area contributed by atoms with E-state index in [0.717, 1.165) is 37.1 Å². The van der Waals surface area contributed by atoms with Crippen molar-refractivity contribution in [3.05, 3.63) is 59.2 Å². The van der Waals surface area contributed by atoms with E-state index in [1.807, 2.05) is 48.5 Å². The zero-order chi connectivity index (χ0) is 25.0. The van der Waals surface area contributed by atoms with Gasteiger partial charge in [-0.1, -0.05) is 38.4 Å². The number of aromatic nitrogens is 2. The molecule has 2 bridgehead atoms. The molecule has 1 saturated carbocycles. The zero-order valence-corrected chi connectivity index (χ0v) is 21.7. The maximum Gasteiger partial charge on any atom is 0.272 e. The number of hydrogen-bond acceptors (Lipinski definition) is 4. The third-order valence-electron chi connectivity index (χ3n) is 7.34. The summed E-state index contributed by atoms with van der Waals surface area (Å²) in [4.78, 5) is 16.2. The Bertz CT molecular complexity index is 1280. The summed E-state index contributed by atoms with van der Waals surface area (Å²) in [5, 5.41) is 5.46. The molecule has 2 heterocycles. The van der Waals surface area contributed by atoms with Crippen LogP contribution in [0.1, 0.15) is 50.5 Å². The summed E-state index contributed by atoms with van der Waals surface area (Å²) in [6.07, 6.45) is 3.19. The third-order valence-corrected chi connectivity index (χ3v) is 7.58. The molecule has 5 rings (SSSR count). The van der Waals surface area contributed by atoms with Crippen molar-refractivity contribution in [3.8, 4) is 28.4 Å². The van der Waals surface area contributed by atoms with Crippen molar-refractivity contribution in [2.45, 2.75) is 46.1 Å². The zero-order valence-electron chi connectivity index (χ0n) is 21.0. The van der Waals surface area contributed by atoms with E-state index in [-0.39, 0.29) is 22.8 Å². The first-order valence-electron chi connectivity index (χ1n) is 12.0. The van der Waals surface area contributed by atoms with Gasteiger partial charge in [0.15, 0.2) is 0 Å². The molecular formula is C28H32ClN3O3. The van der Waals surface area contributed by atoms with Crippen LogP contribution in [0.5, 0.6) is 11.5 Å². The highest BCUT2D eigenvalue weighted by Gasteiger charge is 2.51. The minimum atomic E-state index is 0.00243. The number of carbonyl (C=O) groups excluding carboxylic acids is 1. The van der Waals surface area contributed by atoms with Crippen molar-refractivity contribution in [1.82, 2.24) is 14.7 Å². The smallest absolute Gasteiger partial charge is 0.272 e. The number of hydrogen-bond donors (Lipinski definition) is 0. The molecular weight excluding hydrogens is 462 g/mol. The van der Waals surface area contributed by atoms with Gasteiger partial charge in [-0.25, -0.2) is 4.68 Å². The molecule has 1 aliphatic carbocycles. The minimum absolute atomic E-state index is 0.00243. The molecule has 2 unspecified atom stereocenters. The molecule has 1 saturated heterocycles. The monoisotopic (exact) mass is 493 g/mol. The number of carbonyl (C=O) groups is 1. The van der Waals surface area contributed by atoms with Gasteiger partial charge in [-0.2, -0.15) is 5.10 Å². The van der Waals surface area contributed by atoms with Gasteiger partial charge in [0.25, 0.3) is 5.91 Å². The molecule has 0 spiro atoms. The van der Waals surface area contributed by atoms with Gasteiger partial charge in [-0.05, 0) is 66.5 Å². The molecule has 3 aromatic rings. The quantitative estimate of drug-likeness (QED) is 0.421. The average molecular weight is 494 g/mol. The van der Waals surface area contributed by atoms with Crippen LogP contribution in [-0.4, -0.2) is 47.4 Å². The van der Waals surface area contributed by atoms with E-state index < -0.39 is 0 Å². The molecule has 1 aromatic heterocycles. The third kappa shape index (κ3) is 4.40. The summed E-state index contributed by atoms with van der Waals surface area (Å²) >= 11 is 6.31. The molecule has 35 heavy (non-hydrogen) atoms. The van der Waals surface area contributed by atoms with Gasteiger partial charge < -0.3 is 14.4 Å². The fourth-order valence-electron chi connectivity index (χ4n) is 6.32. The first-order chi connectivity index (χ1) is 16.6. The first kappa shape index (κ1) is 23.7. The number of fused-ring (bicyclic) bond motifs is 2. The highest BCUT2D eigenvalue weighted by Crippen LogP contribution is 2.52. The molecule has 1 aliphatic heterocycles. The molecule has 0 N–H and O–H groups in total. The number of likely N-dealkylation sites (tertiary alicyclic amines) is 1. The topological polar surface area (TPSA) is 56.6 Å². The fraction of sp³-hybridized carbons (Fsp3) is 0.429.